The molecule has 2 aromatic rings. The normalized spacial score (nSPS) is 10.6. The van der Waals surface area contributed by atoms with Crippen LogP contribution in [0.25, 0.3) is 10.1 Å². The number of benzene rings is 1. The predicted octanol–water partition coefficient (Wildman–Crippen LogP) is 3.59. The third kappa shape index (κ3) is 1.60. The molecule has 0 amide bonds. The zero-order chi connectivity index (χ0) is 9.42. The highest BCUT2D eigenvalue weighted by Crippen LogP contribution is 2.26. The Morgan fingerprint density at radius 3 is 2.85 bits per heavy atom. The molecule has 0 saturated heterocycles. The Kier molecular flexibility index (Phi) is 2.10. The quantitative estimate of drug-likeness (QED) is 0.658. The molecule has 0 unspecified atom stereocenters. The van der Waals surface area contributed by atoms with Crippen molar-refractivity contribution in [3.63, 3.8) is 0 Å². The predicted molar refractivity (Wildman–Crippen MR) is 56.7 cm³/mol. The molecule has 3 heteroatoms. The molecule has 66 valence electrons. The number of hydrogen-bond acceptors (Lipinski definition) is 2. The van der Waals surface area contributed by atoms with Crippen LogP contribution in [0.1, 0.15) is 15.2 Å². The summed E-state index contributed by atoms with van der Waals surface area (Å²) in [6.07, 6.45) is 0. The molecule has 0 atom stereocenters. The SMILES string of the molecule is Cc1cc2cc(C(=O)Cl)ccc2s1. The van der Waals surface area contributed by atoms with Crippen molar-refractivity contribution in [3.8, 4) is 0 Å². The van der Waals surface area contributed by atoms with Crippen molar-refractivity contribution in [2.45, 2.75) is 6.92 Å². The molecular formula is C10H7ClOS. The molecule has 0 saturated carbocycles. The molecule has 0 radical (unpaired) electrons. The van der Waals surface area contributed by atoms with Crippen molar-refractivity contribution in [1.29, 1.82) is 0 Å². The summed E-state index contributed by atoms with van der Waals surface area (Å²) in [5, 5.41) is 0.694. The van der Waals surface area contributed by atoms with Crippen molar-refractivity contribution < 1.29 is 4.79 Å². The minimum atomic E-state index is -0.397. The molecule has 13 heavy (non-hydrogen) atoms. The van der Waals surface area contributed by atoms with Crippen LogP contribution >= 0.6 is 22.9 Å². The van der Waals surface area contributed by atoms with Gasteiger partial charge in [-0.3, -0.25) is 4.79 Å². The van der Waals surface area contributed by atoms with E-state index in [1.807, 2.05) is 19.1 Å². The first-order valence-corrected chi connectivity index (χ1v) is 5.06. The van der Waals surface area contributed by atoms with Gasteiger partial charge in [0.15, 0.2) is 0 Å². The van der Waals surface area contributed by atoms with E-state index in [0.29, 0.717) is 5.56 Å². The molecule has 1 aromatic carbocycles. The van der Waals surface area contributed by atoms with E-state index in [1.165, 1.54) is 9.58 Å². The molecule has 1 nitrogen and oxygen atoms in total. The molecule has 0 fully saturated rings. The van der Waals surface area contributed by atoms with E-state index in [1.54, 1.807) is 17.4 Å². The van der Waals surface area contributed by atoms with Crippen LogP contribution < -0.4 is 0 Å². The van der Waals surface area contributed by atoms with Crippen LogP contribution in [0.5, 0.6) is 0 Å². The molecule has 0 aliphatic rings. The second-order valence-electron chi connectivity index (χ2n) is 2.88. The lowest BCUT2D eigenvalue weighted by Crippen LogP contribution is -1.85. The van der Waals surface area contributed by atoms with Gasteiger partial charge in [-0.05, 0) is 48.2 Å². The average Bonchev–Trinajstić information content (AvgIpc) is 2.42. The number of hydrogen-bond donors (Lipinski definition) is 0. The summed E-state index contributed by atoms with van der Waals surface area (Å²) in [4.78, 5) is 12.1. The smallest absolute Gasteiger partial charge is 0.252 e. The zero-order valence-electron chi connectivity index (χ0n) is 7.00. The number of aryl methyl sites for hydroxylation is 1. The Morgan fingerprint density at radius 2 is 2.15 bits per heavy atom. The fourth-order valence-corrected chi connectivity index (χ4v) is 2.32. The molecule has 0 bridgehead atoms. The van der Waals surface area contributed by atoms with Crippen LogP contribution in [0.4, 0.5) is 0 Å². The third-order valence-corrected chi connectivity index (χ3v) is 3.12. The first kappa shape index (κ1) is 8.73. The van der Waals surface area contributed by atoms with Crippen LogP contribution in [-0.4, -0.2) is 5.24 Å². The van der Waals surface area contributed by atoms with Gasteiger partial charge in [0.1, 0.15) is 0 Å². The van der Waals surface area contributed by atoms with Crippen molar-refractivity contribution in [2.24, 2.45) is 0 Å². The van der Waals surface area contributed by atoms with E-state index in [2.05, 4.69) is 6.07 Å². The van der Waals surface area contributed by atoms with Crippen LogP contribution in [0, 0.1) is 6.92 Å². The van der Waals surface area contributed by atoms with Gasteiger partial charge in [-0.15, -0.1) is 11.3 Å². The molecule has 0 aliphatic heterocycles. The number of thiophene rings is 1. The summed E-state index contributed by atoms with van der Waals surface area (Å²) in [5.74, 6) is 0. The lowest BCUT2D eigenvalue weighted by atomic mass is 10.2. The standard InChI is InChI=1S/C10H7ClOS/c1-6-4-8-5-7(10(11)12)2-3-9(8)13-6/h2-5H,1H3. The number of carbonyl (C=O) groups excluding carboxylic acids is 1. The van der Waals surface area contributed by atoms with Gasteiger partial charge >= 0.3 is 0 Å². The minimum Gasteiger partial charge on any atom is -0.276 e. The summed E-state index contributed by atoms with van der Waals surface area (Å²) in [5.41, 5.74) is 0.562. The van der Waals surface area contributed by atoms with Crippen molar-refractivity contribution in [3.05, 3.63) is 34.7 Å². The van der Waals surface area contributed by atoms with Gasteiger partial charge in [-0.25, -0.2) is 0 Å². The van der Waals surface area contributed by atoms with Gasteiger partial charge in [0.05, 0.1) is 0 Å². The summed E-state index contributed by atoms with van der Waals surface area (Å²) in [7, 11) is 0. The molecule has 0 N–H and O–H groups in total. The van der Waals surface area contributed by atoms with Crippen molar-refractivity contribution in [1.82, 2.24) is 0 Å². The summed E-state index contributed by atoms with van der Waals surface area (Å²) >= 11 is 7.09. The number of halogens is 1. The lowest BCUT2D eigenvalue weighted by molar-refractivity contribution is 0.108. The Bertz CT molecular complexity index is 473. The molecular weight excluding hydrogens is 204 g/mol. The van der Waals surface area contributed by atoms with Crippen LogP contribution in [0.3, 0.4) is 0 Å². The molecule has 2 rings (SSSR count). The second-order valence-corrected chi connectivity index (χ2v) is 4.51. The van der Waals surface area contributed by atoms with Crippen molar-refractivity contribution >= 4 is 38.3 Å². The summed E-state index contributed by atoms with van der Waals surface area (Å²) in [6.45, 7) is 2.05. The van der Waals surface area contributed by atoms with Gasteiger partial charge in [-0.1, -0.05) is 0 Å². The van der Waals surface area contributed by atoms with Gasteiger partial charge in [0.25, 0.3) is 5.24 Å². The summed E-state index contributed by atoms with van der Waals surface area (Å²) in [6, 6.07) is 7.58. The first-order chi connectivity index (χ1) is 6.16. The molecule has 1 heterocycles. The fourth-order valence-electron chi connectivity index (χ4n) is 1.30. The van der Waals surface area contributed by atoms with Crippen LogP contribution in [0.15, 0.2) is 24.3 Å². The van der Waals surface area contributed by atoms with E-state index in [9.17, 15) is 4.79 Å². The first-order valence-electron chi connectivity index (χ1n) is 3.87. The Balaban J connectivity index is 2.67. The van der Waals surface area contributed by atoms with Gasteiger partial charge in [0.2, 0.25) is 0 Å². The van der Waals surface area contributed by atoms with Gasteiger partial charge < -0.3 is 0 Å². The Morgan fingerprint density at radius 1 is 1.38 bits per heavy atom. The Hall–Kier alpha value is -0.860. The average molecular weight is 211 g/mol. The monoisotopic (exact) mass is 210 g/mol. The highest BCUT2D eigenvalue weighted by molar-refractivity contribution is 7.19. The summed E-state index contributed by atoms with van der Waals surface area (Å²) < 4.78 is 1.19. The van der Waals surface area contributed by atoms with Crippen LogP contribution in [0.2, 0.25) is 0 Å². The largest absolute Gasteiger partial charge is 0.276 e. The number of rotatable bonds is 1. The maximum Gasteiger partial charge on any atom is 0.252 e. The van der Waals surface area contributed by atoms with E-state index in [-0.39, 0.29) is 0 Å². The minimum absolute atomic E-state index is 0.397. The molecule has 1 aromatic heterocycles. The van der Waals surface area contributed by atoms with Gasteiger partial charge in [-0.2, -0.15) is 0 Å². The fraction of sp³-hybridized carbons (Fsp3) is 0.100. The van der Waals surface area contributed by atoms with Gasteiger partial charge in [0, 0.05) is 15.1 Å². The maximum absolute atomic E-state index is 10.9. The number of fused-ring (bicyclic) bond motifs is 1. The van der Waals surface area contributed by atoms with E-state index < -0.39 is 5.24 Å². The lowest BCUT2D eigenvalue weighted by Gasteiger charge is -1.92. The zero-order valence-corrected chi connectivity index (χ0v) is 8.58. The van der Waals surface area contributed by atoms with E-state index in [4.69, 9.17) is 11.6 Å². The number of carbonyl (C=O) groups is 1. The van der Waals surface area contributed by atoms with Crippen molar-refractivity contribution in [2.75, 3.05) is 0 Å². The third-order valence-electron chi connectivity index (χ3n) is 1.87. The topological polar surface area (TPSA) is 17.1 Å². The van der Waals surface area contributed by atoms with E-state index >= 15 is 0 Å². The highest BCUT2D eigenvalue weighted by atomic mass is 35.5. The maximum atomic E-state index is 10.9. The molecule has 0 spiro atoms. The highest BCUT2D eigenvalue weighted by Gasteiger charge is 2.04. The van der Waals surface area contributed by atoms with E-state index in [0.717, 1.165) is 5.39 Å². The second kappa shape index (κ2) is 3.13. The molecule has 0 aliphatic carbocycles. The van der Waals surface area contributed by atoms with Crippen LogP contribution in [-0.2, 0) is 0 Å². The Labute approximate surface area is 84.9 Å².